The van der Waals surface area contributed by atoms with E-state index in [9.17, 15) is 4.39 Å². The van der Waals surface area contributed by atoms with E-state index < -0.39 is 0 Å². The number of ether oxygens (including phenoxy) is 1. The van der Waals surface area contributed by atoms with Gasteiger partial charge in [0.2, 0.25) is 5.88 Å². The molecule has 2 aromatic heterocycles. The molecule has 0 bridgehead atoms. The maximum absolute atomic E-state index is 14.6. The summed E-state index contributed by atoms with van der Waals surface area (Å²) in [6, 6.07) is 8.56. The van der Waals surface area contributed by atoms with Crippen LogP contribution in [0.2, 0.25) is 0 Å². The molecule has 3 heterocycles. The number of H-pyrrole nitrogens is 1. The van der Waals surface area contributed by atoms with Gasteiger partial charge in [-0.05, 0) is 51.1 Å². The topological polar surface area (TPSA) is 66.9 Å². The summed E-state index contributed by atoms with van der Waals surface area (Å²) >= 11 is 0. The molecule has 0 radical (unpaired) electrons. The highest BCUT2D eigenvalue weighted by Gasteiger charge is 2.40. The largest absolute Gasteiger partial charge is 0.473 e. The summed E-state index contributed by atoms with van der Waals surface area (Å²) in [5, 5.41) is 15.0. The van der Waals surface area contributed by atoms with Gasteiger partial charge in [-0.15, -0.1) is 10.2 Å². The zero-order valence-corrected chi connectivity index (χ0v) is 17.2. The second-order valence-corrected chi connectivity index (χ2v) is 8.25. The Morgan fingerprint density at radius 3 is 2.66 bits per heavy atom. The minimum atomic E-state index is -0.350. The smallest absolute Gasteiger partial charge is 0.233 e. The van der Waals surface area contributed by atoms with Crippen molar-refractivity contribution in [3.8, 4) is 28.3 Å². The van der Waals surface area contributed by atoms with Gasteiger partial charge in [0.15, 0.2) is 0 Å². The quantitative estimate of drug-likeness (QED) is 0.718. The summed E-state index contributed by atoms with van der Waals surface area (Å²) in [6.07, 6.45) is 4.40. The number of hydrogen-bond acceptors (Lipinski definition) is 5. The molecule has 3 aromatic rings. The van der Waals surface area contributed by atoms with Gasteiger partial charge >= 0.3 is 0 Å². The van der Waals surface area contributed by atoms with Gasteiger partial charge in [0.1, 0.15) is 11.9 Å². The summed E-state index contributed by atoms with van der Waals surface area (Å²) in [5.74, 6) is 0.467. The fourth-order valence-electron chi connectivity index (χ4n) is 3.82. The molecule has 1 aliphatic rings. The second-order valence-electron chi connectivity index (χ2n) is 8.25. The Morgan fingerprint density at radius 1 is 1.17 bits per heavy atom. The van der Waals surface area contributed by atoms with Gasteiger partial charge in [0, 0.05) is 41.4 Å². The first-order chi connectivity index (χ1) is 13.9. The van der Waals surface area contributed by atoms with Crippen LogP contribution in [0.3, 0.4) is 0 Å². The third-order valence-corrected chi connectivity index (χ3v) is 6.39. The van der Waals surface area contributed by atoms with E-state index in [-0.39, 0.29) is 17.5 Å². The van der Waals surface area contributed by atoms with Crippen LogP contribution in [0.1, 0.15) is 27.2 Å². The van der Waals surface area contributed by atoms with Crippen molar-refractivity contribution < 1.29 is 9.13 Å². The van der Waals surface area contributed by atoms with Crippen molar-refractivity contribution in [3.05, 3.63) is 48.5 Å². The number of nitrogens with one attached hydrogen (secondary N) is 1. The average Bonchev–Trinajstić information content (AvgIpc) is 3.24. The molecule has 0 saturated carbocycles. The van der Waals surface area contributed by atoms with E-state index in [1.54, 1.807) is 30.6 Å². The van der Waals surface area contributed by atoms with E-state index in [0.717, 1.165) is 24.1 Å². The van der Waals surface area contributed by atoms with Crippen LogP contribution in [0.4, 0.5) is 4.39 Å². The van der Waals surface area contributed by atoms with E-state index >= 15 is 0 Å². The van der Waals surface area contributed by atoms with Gasteiger partial charge in [-0.3, -0.25) is 5.10 Å². The maximum Gasteiger partial charge on any atom is 0.233 e. The molecule has 6 nitrogen and oxygen atoms in total. The summed E-state index contributed by atoms with van der Waals surface area (Å²) in [4.78, 5) is 2.36. The number of halogens is 1. The standard InChI is InChI=1S/C22H26FN5O/c1-14-20(9-10-28(4)22(14,2)3)29-21-8-7-19(26-27-21)17-6-5-15(11-18(17)23)16-12-24-25-13-16/h5-8,11-14,20H,9-10H2,1-4H3,(H,24,25). The summed E-state index contributed by atoms with van der Waals surface area (Å²) < 4.78 is 20.8. The SMILES string of the molecule is CC1C(Oc2ccc(-c3ccc(-c4cn[nH]c4)cc3F)nn2)CCN(C)C1(C)C. The summed E-state index contributed by atoms with van der Waals surface area (Å²) in [5.41, 5.74) is 2.53. The van der Waals surface area contributed by atoms with Gasteiger partial charge in [0.25, 0.3) is 0 Å². The van der Waals surface area contributed by atoms with E-state index in [1.807, 2.05) is 6.07 Å². The molecule has 1 fully saturated rings. The number of aromatic amines is 1. The Kier molecular flexibility index (Phi) is 5.08. The molecule has 7 heteroatoms. The van der Waals surface area contributed by atoms with E-state index in [2.05, 4.69) is 53.1 Å². The molecule has 152 valence electrons. The monoisotopic (exact) mass is 395 g/mol. The van der Waals surface area contributed by atoms with Crippen LogP contribution in [-0.2, 0) is 0 Å². The lowest BCUT2D eigenvalue weighted by molar-refractivity contribution is -0.0301. The number of rotatable bonds is 4. The van der Waals surface area contributed by atoms with Crippen LogP contribution in [-0.4, -0.2) is 50.5 Å². The van der Waals surface area contributed by atoms with Gasteiger partial charge in [0.05, 0.1) is 11.9 Å². The van der Waals surface area contributed by atoms with Crippen LogP contribution in [0, 0.1) is 11.7 Å². The Labute approximate surface area is 170 Å². The molecule has 2 unspecified atom stereocenters. The molecule has 1 aromatic carbocycles. The van der Waals surface area contributed by atoms with Gasteiger partial charge in [-0.1, -0.05) is 13.0 Å². The van der Waals surface area contributed by atoms with Crippen molar-refractivity contribution in [1.82, 2.24) is 25.3 Å². The van der Waals surface area contributed by atoms with E-state index in [1.165, 1.54) is 6.07 Å². The zero-order chi connectivity index (χ0) is 20.6. The molecule has 0 aliphatic carbocycles. The number of piperidine rings is 1. The third kappa shape index (κ3) is 3.74. The molecule has 29 heavy (non-hydrogen) atoms. The molecule has 0 spiro atoms. The zero-order valence-electron chi connectivity index (χ0n) is 17.2. The van der Waals surface area contributed by atoms with Crippen LogP contribution >= 0.6 is 0 Å². The Bertz CT molecular complexity index is 971. The number of aromatic nitrogens is 4. The third-order valence-electron chi connectivity index (χ3n) is 6.39. The Morgan fingerprint density at radius 2 is 2.00 bits per heavy atom. The number of hydrogen-bond donors (Lipinski definition) is 1. The molecule has 1 saturated heterocycles. The van der Waals surface area contributed by atoms with Crippen LogP contribution in [0.5, 0.6) is 5.88 Å². The lowest BCUT2D eigenvalue weighted by atomic mass is 9.79. The first-order valence-electron chi connectivity index (χ1n) is 9.87. The second kappa shape index (κ2) is 7.55. The molecular formula is C22H26FN5O. The average molecular weight is 395 g/mol. The number of likely N-dealkylation sites (tertiary alicyclic amines) is 1. The van der Waals surface area contributed by atoms with Crippen molar-refractivity contribution in [2.75, 3.05) is 13.6 Å². The predicted molar refractivity (Wildman–Crippen MR) is 110 cm³/mol. The number of benzene rings is 1. The first kappa shape index (κ1) is 19.5. The van der Waals surface area contributed by atoms with Crippen molar-refractivity contribution in [2.24, 2.45) is 5.92 Å². The molecule has 2 atom stereocenters. The molecular weight excluding hydrogens is 369 g/mol. The fraction of sp³-hybridized carbons (Fsp3) is 0.409. The predicted octanol–water partition coefficient (Wildman–Crippen LogP) is 4.17. The molecule has 1 N–H and O–H groups in total. The number of nitrogens with zero attached hydrogens (tertiary/aromatic N) is 4. The Balaban J connectivity index is 1.50. The van der Waals surface area contributed by atoms with Crippen LogP contribution < -0.4 is 4.74 Å². The van der Waals surface area contributed by atoms with Crippen molar-refractivity contribution in [3.63, 3.8) is 0 Å². The van der Waals surface area contributed by atoms with Crippen molar-refractivity contribution in [1.29, 1.82) is 0 Å². The van der Waals surface area contributed by atoms with Crippen LogP contribution in [0.25, 0.3) is 22.4 Å². The van der Waals surface area contributed by atoms with Gasteiger partial charge < -0.3 is 9.64 Å². The van der Waals surface area contributed by atoms with Gasteiger partial charge in [-0.2, -0.15) is 5.10 Å². The maximum atomic E-state index is 14.6. The summed E-state index contributed by atoms with van der Waals surface area (Å²) in [6.45, 7) is 7.65. The van der Waals surface area contributed by atoms with E-state index in [4.69, 9.17) is 4.74 Å². The van der Waals surface area contributed by atoms with Crippen LogP contribution in [0.15, 0.2) is 42.7 Å². The highest BCUT2D eigenvalue weighted by Crippen LogP contribution is 2.34. The first-order valence-corrected chi connectivity index (χ1v) is 9.87. The van der Waals surface area contributed by atoms with Crippen molar-refractivity contribution in [2.45, 2.75) is 38.8 Å². The highest BCUT2D eigenvalue weighted by molar-refractivity contribution is 5.68. The molecule has 0 amide bonds. The molecule has 1 aliphatic heterocycles. The van der Waals surface area contributed by atoms with Gasteiger partial charge in [-0.25, -0.2) is 4.39 Å². The minimum absolute atomic E-state index is 0.0517. The molecule has 4 rings (SSSR count). The van der Waals surface area contributed by atoms with Crippen molar-refractivity contribution >= 4 is 0 Å². The van der Waals surface area contributed by atoms with E-state index in [0.29, 0.717) is 23.1 Å². The Hall–Kier alpha value is -2.80. The normalized spacial score (nSPS) is 21.8. The lowest BCUT2D eigenvalue weighted by Crippen LogP contribution is -2.56. The lowest BCUT2D eigenvalue weighted by Gasteiger charge is -2.48. The minimum Gasteiger partial charge on any atom is -0.473 e. The fourth-order valence-corrected chi connectivity index (χ4v) is 3.82. The summed E-state index contributed by atoms with van der Waals surface area (Å²) in [7, 11) is 2.15. The highest BCUT2D eigenvalue weighted by atomic mass is 19.1.